The Morgan fingerprint density at radius 1 is 1.15 bits per heavy atom. The number of hydrogen-bond acceptors (Lipinski definition) is 5. The van der Waals surface area contributed by atoms with Crippen molar-refractivity contribution in [2.24, 2.45) is 0 Å². The molecule has 1 aromatic heterocycles. The molecule has 1 aliphatic rings. The number of benzene rings is 2. The number of imidazole rings is 1. The van der Waals surface area contributed by atoms with Crippen molar-refractivity contribution >= 4 is 40.0 Å². The van der Waals surface area contributed by atoms with Crippen LogP contribution in [-0.4, -0.2) is 44.4 Å². The number of ketones is 1. The highest BCUT2D eigenvalue weighted by atomic mass is 127. The number of halogens is 1. The third-order valence-corrected chi connectivity index (χ3v) is 6.40. The number of ether oxygens (including phenoxy) is 1. The zero-order valence-corrected chi connectivity index (χ0v) is 21.0. The minimum atomic E-state index is -0.677. The molecule has 1 unspecified atom stereocenters. The number of amides is 1. The summed E-state index contributed by atoms with van der Waals surface area (Å²) in [5.41, 5.74) is 1.32. The normalized spacial score (nSPS) is 17.4. The Morgan fingerprint density at radius 3 is 2.65 bits per heavy atom. The molecule has 0 radical (unpaired) electrons. The van der Waals surface area contributed by atoms with Crippen molar-refractivity contribution in [3.05, 3.63) is 87.5 Å². The highest BCUT2D eigenvalue weighted by Gasteiger charge is 2.45. The zero-order chi connectivity index (χ0) is 24.1. The first-order valence-electron chi connectivity index (χ1n) is 11.2. The second-order valence-electron chi connectivity index (χ2n) is 8.07. The van der Waals surface area contributed by atoms with Crippen molar-refractivity contribution in [1.29, 1.82) is 0 Å². The van der Waals surface area contributed by atoms with E-state index in [0.29, 0.717) is 37.4 Å². The average Bonchev–Trinajstić information content (AvgIpc) is 3.45. The molecule has 2 heterocycles. The van der Waals surface area contributed by atoms with Crippen LogP contribution < -0.4 is 4.74 Å². The van der Waals surface area contributed by atoms with Crippen LogP contribution in [0.1, 0.15) is 36.9 Å². The number of hydrogen-bond donors (Lipinski definition) is 1. The van der Waals surface area contributed by atoms with E-state index in [1.165, 1.54) is 0 Å². The maximum atomic E-state index is 13.2. The number of rotatable bonds is 9. The van der Waals surface area contributed by atoms with Gasteiger partial charge < -0.3 is 19.3 Å². The minimum absolute atomic E-state index is 0.0986. The van der Waals surface area contributed by atoms with E-state index < -0.39 is 17.7 Å². The van der Waals surface area contributed by atoms with E-state index >= 15 is 0 Å². The molecule has 34 heavy (non-hydrogen) atoms. The maximum absolute atomic E-state index is 13.2. The van der Waals surface area contributed by atoms with Crippen LogP contribution in [-0.2, 0) is 16.1 Å². The number of Topliss-reactive ketones (excluding diaryl/α,β-unsaturated/α-hetero) is 1. The van der Waals surface area contributed by atoms with Crippen molar-refractivity contribution in [2.45, 2.75) is 32.4 Å². The lowest BCUT2D eigenvalue weighted by atomic mass is 9.95. The molecule has 2 aromatic carbocycles. The van der Waals surface area contributed by atoms with Gasteiger partial charge in [0.2, 0.25) is 0 Å². The Balaban J connectivity index is 1.71. The monoisotopic (exact) mass is 571 g/mol. The van der Waals surface area contributed by atoms with Crippen LogP contribution in [0.4, 0.5) is 0 Å². The van der Waals surface area contributed by atoms with Gasteiger partial charge in [0.25, 0.3) is 11.7 Å². The second-order valence-corrected chi connectivity index (χ2v) is 9.32. The van der Waals surface area contributed by atoms with Crippen molar-refractivity contribution in [2.75, 3.05) is 13.2 Å². The van der Waals surface area contributed by atoms with Crippen molar-refractivity contribution < 1.29 is 19.4 Å². The molecule has 1 fully saturated rings. The molecule has 4 rings (SSSR count). The average molecular weight is 571 g/mol. The molecule has 1 N–H and O–H groups in total. The number of nitrogens with zero attached hydrogens (tertiary/aromatic N) is 3. The maximum Gasteiger partial charge on any atom is 0.295 e. The Labute approximate surface area is 212 Å². The third-order valence-electron chi connectivity index (χ3n) is 5.68. The minimum Gasteiger partial charge on any atom is -0.507 e. The smallest absolute Gasteiger partial charge is 0.295 e. The molecule has 1 atom stereocenters. The lowest BCUT2D eigenvalue weighted by Crippen LogP contribution is -2.31. The van der Waals surface area contributed by atoms with E-state index in [-0.39, 0.29) is 11.3 Å². The van der Waals surface area contributed by atoms with Gasteiger partial charge in [0.1, 0.15) is 11.5 Å². The second kappa shape index (κ2) is 10.9. The summed E-state index contributed by atoms with van der Waals surface area (Å²) >= 11 is 2.21. The number of aromatic nitrogens is 2. The van der Waals surface area contributed by atoms with E-state index in [1.807, 2.05) is 42.0 Å². The topological polar surface area (TPSA) is 84.7 Å². The molecular formula is C26H26IN3O4. The number of carbonyl (C=O) groups excluding carboxylic acids is 2. The summed E-state index contributed by atoms with van der Waals surface area (Å²) in [6.45, 7) is 3.60. The van der Waals surface area contributed by atoms with Crippen LogP contribution in [0.3, 0.4) is 0 Å². The number of aliphatic hydroxyl groups is 1. The predicted molar refractivity (Wildman–Crippen MR) is 137 cm³/mol. The summed E-state index contributed by atoms with van der Waals surface area (Å²) in [5.74, 6) is -0.870. The first-order chi connectivity index (χ1) is 16.5. The molecule has 7 nitrogen and oxygen atoms in total. The fourth-order valence-corrected chi connectivity index (χ4v) is 4.41. The summed E-state index contributed by atoms with van der Waals surface area (Å²) in [7, 11) is 0. The van der Waals surface area contributed by atoms with Gasteiger partial charge >= 0.3 is 0 Å². The van der Waals surface area contributed by atoms with Gasteiger partial charge in [-0.25, -0.2) is 4.98 Å². The fourth-order valence-electron chi connectivity index (χ4n) is 4.05. The van der Waals surface area contributed by atoms with Gasteiger partial charge in [-0.05, 0) is 65.3 Å². The number of likely N-dealkylation sites (tertiary alicyclic amines) is 1. The molecule has 0 bridgehead atoms. The largest absolute Gasteiger partial charge is 0.507 e. The highest BCUT2D eigenvalue weighted by Crippen LogP contribution is 2.40. The molecule has 176 valence electrons. The molecule has 8 heteroatoms. The quantitative estimate of drug-likeness (QED) is 0.173. The van der Waals surface area contributed by atoms with E-state index in [4.69, 9.17) is 4.74 Å². The van der Waals surface area contributed by atoms with Crippen molar-refractivity contribution in [3.63, 3.8) is 0 Å². The Kier molecular flexibility index (Phi) is 7.66. The van der Waals surface area contributed by atoms with E-state index in [1.54, 1.807) is 41.7 Å². The molecule has 0 saturated carbocycles. The van der Waals surface area contributed by atoms with Crippen LogP contribution in [0.25, 0.3) is 5.76 Å². The van der Waals surface area contributed by atoms with Crippen LogP contribution in [0.2, 0.25) is 0 Å². The summed E-state index contributed by atoms with van der Waals surface area (Å²) in [6, 6.07) is 14.0. The fraction of sp³-hybridized carbons (Fsp3) is 0.269. The lowest BCUT2D eigenvalue weighted by Gasteiger charge is -2.25. The van der Waals surface area contributed by atoms with E-state index in [0.717, 1.165) is 15.6 Å². The molecule has 0 spiro atoms. The molecule has 0 aliphatic carbocycles. The molecule has 1 aliphatic heterocycles. The van der Waals surface area contributed by atoms with Crippen LogP contribution in [0.5, 0.6) is 5.75 Å². The molecule has 1 amide bonds. The van der Waals surface area contributed by atoms with Crippen molar-refractivity contribution in [3.8, 4) is 5.75 Å². The van der Waals surface area contributed by atoms with Gasteiger partial charge in [-0.3, -0.25) is 9.59 Å². The predicted octanol–water partition coefficient (Wildman–Crippen LogP) is 4.79. The third kappa shape index (κ3) is 5.16. The van der Waals surface area contributed by atoms with Gasteiger partial charge in [-0.2, -0.15) is 0 Å². The zero-order valence-electron chi connectivity index (χ0n) is 18.9. The highest BCUT2D eigenvalue weighted by molar-refractivity contribution is 14.1. The summed E-state index contributed by atoms with van der Waals surface area (Å²) in [4.78, 5) is 31.9. The van der Waals surface area contributed by atoms with Gasteiger partial charge in [-0.15, -0.1) is 0 Å². The Hall–Kier alpha value is -3.14. The standard InChI is InChI=1S/C26H26IN3O4/c1-2-15-34-21-6-3-5-19(16-21)24(31)22-23(18-7-9-20(27)10-8-18)30(26(33)25(22)32)13-4-12-29-14-11-28-17-29/h3,5-11,14,16-17,23,31H,2,4,12-13,15H2,1H3/b24-22+. The van der Waals surface area contributed by atoms with Crippen LogP contribution >= 0.6 is 22.6 Å². The summed E-state index contributed by atoms with van der Waals surface area (Å²) < 4.78 is 8.66. The Morgan fingerprint density at radius 2 is 1.94 bits per heavy atom. The van der Waals surface area contributed by atoms with E-state index in [2.05, 4.69) is 27.6 Å². The number of carbonyl (C=O) groups is 2. The van der Waals surface area contributed by atoms with Gasteiger partial charge in [-0.1, -0.05) is 31.2 Å². The van der Waals surface area contributed by atoms with Crippen molar-refractivity contribution in [1.82, 2.24) is 14.5 Å². The van der Waals surface area contributed by atoms with Crippen LogP contribution in [0.15, 0.2) is 72.8 Å². The SMILES string of the molecule is CCCOc1cccc(/C(O)=C2\C(=O)C(=O)N(CCCn3ccnc3)C2c2ccc(I)cc2)c1. The molecule has 3 aromatic rings. The van der Waals surface area contributed by atoms with Gasteiger partial charge in [0.05, 0.1) is 24.5 Å². The number of aliphatic hydroxyl groups excluding tert-OH is 1. The summed E-state index contributed by atoms with van der Waals surface area (Å²) in [5, 5.41) is 11.2. The Bertz CT molecular complexity index is 1190. The van der Waals surface area contributed by atoms with E-state index in [9.17, 15) is 14.7 Å². The first kappa shape index (κ1) is 24.0. The van der Waals surface area contributed by atoms with Gasteiger partial charge in [0.15, 0.2) is 0 Å². The van der Waals surface area contributed by atoms with Crippen LogP contribution in [0, 0.1) is 3.57 Å². The van der Waals surface area contributed by atoms with Gasteiger partial charge in [0, 0.05) is 34.6 Å². The molecule has 1 saturated heterocycles. The summed E-state index contributed by atoms with van der Waals surface area (Å²) in [6.07, 6.45) is 6.78. The number of aryl methyl sites for hydroxylation is 1. The lowest BCUT2D eigenvalue weighted by molar-refractivity contribution is -0.139. The first-order valence-corrected chi connectivity index (χ1v) is 12.3. The molecular weight excluding hydrogens is 545 g/mol.